The van der Waals surface area contributed by atoms with Gasteiger partial charge in [-0.2, -0.15) is 0 Å². The summed E-state index contributed by atoms with van der Waals surface area (Å²) in [6.45, 7) is 0.342. The third-order valence-electron chi connectivity index (χ3n) is 3.86. The second-order valence-corrected chi connectivity index (χ2v) is 5.49. The van der Waals surface area contributed by atoms with E-state index in [9.17, 15) is 19.7 Å². The fraction of sp³-hybridized carbons (Fsp3) is 0.235. The number of benzene rings is 1. The molecule has 0 bridgehead atoms. The molecule has 1 fully saturated rings. The molecule has 1 aliphatic heterocycles. The Bertz CT molecular complexity index is 819. The van der Waals surface area contributed by atoms with Gasteiger partial charge >= 0.3 is 5.82 Å². The average molecular weight is 341 g/mol. The van der Waals surface area contributed by atoms with Crippen LogP contribution < -0.4 is 9.64 Å². The molecule has 25 heavy (non-hydrogen) atoms. The van der Waals surface area contributed by atoms with Crippen molar-refractivity contribution in [2.24, 2.45) is 0 Å². The van der Waals surface area contributed by atoms with E-state index in [1.165, 1.54) is 18.3 Å². The van der Waals surface area contributed by atoms with Crippen LogP contribution in [0.15, 0.2) is 42.6 Å². The fourth-order valence-electron chi connectivity index (χ4n) is 2.61. The summed E-state index contributed by atoms with van der Waals surface area (Å²) in [5, 5.41) is 10.9. The summed E-state index contributed by atoms with van der Waals surface area (Å²) < 4.78 is 5.24. The van der Waals surface area contributed by atoms with Crippen LogP contribution >= 0.6 is 0 Å². The lowest BCUT2D eigenvalue weighted by molar-refractivity contribution is -0.390. The number of pyridine rings is 1. The molecule has 3 rings (SSSR count). The molecule has 0 aliphatic carbocycles. The van der Waals surface area contributed by atoms with Crippen LogP contribution in [0, 0.1) is 10.1 Å². The highest BCUT2D eigenvalue weighted by atomic mass is 16.6. The van der Waals surface area contributed by atoms with Gasteiger partial charge in [0.05, 0.1) is 0 Å². The van der Waals surface area contributed by atoms with Crippen LogP contribution in [-0.2, 0) is 4.79 Å². The largest absolute Gasteiger partial charge is 0.477 e. The quantitative estimate of drug-likeness (QED) is 0.454. The second-order valence-electron chi connectivity index (χ2n) is 5.49. The molecule has 0 spiro atoms. The van der Waals surface area contributed by atoms with Crippen LogP contribution in [-0.4, -0.2) is 34.7 Å². The highest BCUT2D eigenvalue weighted by molar-refractivity contribution is 5.99. The zero-order valence-electron chi connectivity index (χ0n) is 13.3. The maximum absolute atomic E-state index is 12.2. The lowest BCUT2D eigenvalue weighted by Crippen LogP contribution is -2.23. The van der Waals surface area contributed by atoms with E-state index in [-0.39, 0.29) is 24.0 Å². The third kappa shape index (κ3) is 3.63. The number of hydrogen-bond donors (Lipinski definition) is 0. The van der Waals surface area contributed by atoms with Crippen molar-refractivity contribution >= 4 is 23.2 Å². The molecule has 1 aromatic carbocycles. The molecule has 128 valence electrons. The van der Waals surface area contributed by atoms with Crippen LogP contribution in [0.1, 0.15) is 23.2 Å². The van der Waals surface area contributed by atoms with Crippen molar-refractivity contribution in [3.05, 3.63) is 58.3 Å². The molecule has 0 unspecified atom stereocenters. The third-order valence-corrected chi connectivity index (χ3v) is 3.86. The Hall–Kier alpha value is -3.29. The predicted molar refractivity (Wildman–Crippen MR) is 88.7 cm³/mol. The topological polar surface area (TPSA) is 103 Å². The first-order chi connectivity index (χ1) is 12.1. The molecule has 0 saturated carbocycles. The number of carbonyl (C=O) groups excluding carboxylic acids is 2. The summed E-state index contributed by atoms with van der Waals surface area (Å²) in [5.74, 6) is -0.734. The Labute approximate surface area is 143 Å². The van der Waals surface area contributed by atoms with Crippen molar-refractivity contribution in [2.45, 2.75) is 12.8 Å². The van der Waals surface area contributed by atoms with Gasteiger partial charge in [0.25, 0.3) is 0 Å². The minimum Gasteiger partial charge on any atom is -0.477 e. The number of nitrogens with zero attached hydrogens (tertiary/aromatic N) is 3. The normalized spacial score (nSPS) is 13.8. The fourth-order valence-corrected chi connectivity index (χ4v) is 2.61. The monoisotopic (exact) mass is 341 g/mol. The summed E-state index contributed by atoms with van der Waals surface area (Å²) in [7, 11) is 0. The Morgan fingerprint density at radius 3 is 2.68 bits per heavy atom. The molecular formula is C17H15N3O5. The zero-order chi connectivity index (χ0) is 17.8. The Morgan fingerprint density at radius 1 is 1.28 bits per heavy atom. The number of Topliss-reactive ketones (excluding diaryl/α,β-unsaturated/α-hetero) is 1. The van der Waals surface area contributed by atoms with Gasteiger partial charge in [-0.1, -0.05) is 0 Å². The number of ether oxygens (including phenoxy) is 1. The smallest absolute Gasteiger partial charge is 0.406 e. The molecule has 0 radical (unpaired) electrons. The number of aromatic nitrogens is 1. The maximum Gasteiger partial charge on any atom is 0.406 e. The number of nitro groups is 1. The van der Waals surface area contributed by atoms with Crippen molar-refractivity contribution in [2.75, 3.05) is 18.1 Å². The van der Waals surface area contributed by atoms with Gasteiger partial charge in [-0.25, -0.2) is 0 Å². The molecular weight excluding hydrogens is 326 g/mol. The lowest BCUT2D eigenvalue weighted by Gasteiger charge is -2.15. The number of amides is 1. The number of anilines is 1. The van der Waals surface area contributed by atoms with Crippen LogP contribution in [0.4, 0.5) is 11.5 Å². The van der Waals surface area contributed by atoms with E-state index >= 15 is 0 Å². The highest BCUT2D eigenvalue weighted by Crippen LogP contribution is 2.24. The van der Waals surface area contributed by atoms with Crippen molar-refractivity contribution in [3.8, 4) is 5.75 Å². The standard InChI is InChI=1S/C17H15N3O5/c21-14(11-25-15-3-1-9-18-17(15)20(23)24)12-5-7-13(8-6-12)19-10-2-4-16(19)22/h1,3,5-9H,2,4,10-11H2. The zero-order valence-corrected chi connectivity index (χ0v) is 13.3. The first-order valence-corrected chi connectivity index (χ1v) is 7.72. The van der Waals surface area contributed by atoms with Gasteiger partial charge < -0.3 is 19.8 Å². The number of ketones is 1. The summed E-state index contributed by atoms with van der Waals surface area (Å²) in [5.41, 5.74) is 1.16. The maximum atomic E-state index is 12.2. The lowest BCUT2D eigenvalue weighted by atomic mass is 10.1. The van der Waals surface area contributed by atoms with E-state index in [0.717, 1.165) is 12.1 Å². The van der Waals surface area contributed by atoms with Gasteiger partial charge in [-0.15, -0.1) is 0 Å². The van der Waals surface area contributed by atoms with Crippen molar-refractivity contribution in [1.82, 2.24) is 4.98 Å². The van der Waals surface area contributed by atoms with Crippen LogP contribution in [0.3, 0.4) is 0 Å². The molecule has 2 heterocycles. The van der Waals surface area contributed by atoms with E-state index in [4.69, 9.17) is 4.74 Å². The number of rotatable bonds is 6. The molecule has 0 N–H and O–H groups in total. The van der Waals surface area contributed by atoms with Gasteiger partial charge in [0.1, 0.15) is 6.20 Å². The van der Waals surface area contributed by atoms with Crippen molar-refractivity contribution in [1.29, 1.82) is 0 Å². The average Bonchev–Trinajstić information content (AvgIpc) is 3.06. The summed E-state index contributed by atoms with van der Waals surface area (Å²) in [6.07, 6.45) is 2.65. The summed E-state index contributed by atoms with van der Waals surface area (Å²) in [4.78, 5) is 39.4. The Balaban J connectivity index is 1.66. The summed E-state index contributed by atoms with van der Waals surface area (Å²) >= 11 is 0. The molecule has 1 amide bonds. The minimum atomic E-state index is -0.665. The van der Waals surface area contributed by atoms with E-state index in [1.54, 1.807) is 29.2 Å². The van der Waals surface area contributed by atoms with E-state index in [2.05, 4.69) is 4.98 Å². The van der Waals surface area contributed by atoms with Gasteiger partial charge in [-0.05, 0) is 52.7 Å². The number of hydrogen-bond acceptors (Lipinski definition) is 6. The molecule has 1 saturated heterocycles. The molecule has 8 nitrogen and oxygen atoms in total. The van der Waals surface area contributed by atoms with Gasteiger partial charge in [0.15, 0.2) is 12.4 Å². The van der Waals surface area contributed by atoms with Crippen molar-refractivity contribution in [3.63, 3.8) is 0 Å². The van der Waals surface area contributed by atoms with Gasteiger partial charge in [0, 0.05) is 24.2 Å². The first kappa shape index (κ1) is 16.6. The van der Waals surface area contributed by atoms with E-state index in [1.807, 2.05) is 0 Å². The second kappa shape index (κ2) is 7.08. The SMILES string of the molecule is O=C(COc1cccnc1[N+](=O)[O-])c1ccc(N2CCCC2=O)cc1. The molecule has 1 aromatic heterocycles. The highest BCUT2D eigenvalue weighted by Gasteiger charge is 2.22. The molecule has 8 heteroatoms. The Morgan fingerprint density at radius 2 is 2.04 bits per heavy atom. The molecule has 0 atom stereocenters. The molecule has 1 aliphatic rings. The van der Waals surface area contributed by atoms with Gasteiger partial charge in [0.2, 0.25) is 11.7 Å². The van der Waals surface area contributed by atoms with E-state index < -0.39 is 10.7 Å². The minimum absolute atomic E-state index is 0.0554. The first-order valence-electron chi connectivity index (χ1n) is 7.72. The Kier molecular flexibility index (Phi) is 4.69. The predicted octanol–water partition coefficient (Wildman–Crippen LogP) is 2.38. The van der Waals surface area contributed by atoms with Gasteiger partial charge in [-0.3, -0.25) is 9.59 Å². The number of carbonyl (C=O) groups is 2. The van der Waals surface area contributed by atoms with Crippen LogP contribution in [0.25, 0.3) is 0 Å². The van der Waals surface area contributed by atoms with Crippen LogP contribution in [0.2, 0.25) is 0 Å². The van der Waals surface area contributed by atoms with Crippen molar-refractivity contribution < 1.29 is 19.2 Å². The van der Waals surface area contributed by atoms with E-state index in [0.29, 0.717) is 18.5 Å². The van der Waals surface area contributed by atoms with Crippen LogP contribution in [0.5, 0.6) is 5.75 Å². The molecule has 2 aromatic rings. The summed E-state index contributed by atoms with van der Waals surface area (Å²) in [6, 6.07) is 9.54.